The molecule has 0 spiro atoms. The molecule has 0 heterocycles. The smallest absolute Gasteiger partial charge is 0.220 e. The van der Waals surface area contributed by atoms with Gasteiger partial charge in [0, 0.05) is 18.5 Å². The molecule has 94 valence electrons. The normalized spacial score (nSPS) is 13.2. The maximum atomic E-state index is 11.6. The van der Waals surface area contributed by atoms with Gasteiger partial charge in [-0.25, -0.2) is 0 Å². The molecule has 2 nitrogen and oxygen atoms in total. The average Bonchev–Trinajstić information content (AvgIpc) is 2.25. The number of hydrogen-bond acceptors (Lipinski definition) is 1. The van der Waals surface area contributed by atoms with Gasteiger partial charge in [-0.3, -0.25) is 4.79 Å². The lowest BCUT2D eigenvalue weighted by Gasteiger charge is -2.31. The molecule has 1 N–H and O–H groups in total. The number of amides is 1. The zero-order valence-corrected chi connectivity index (χ0v) is 11.6. The van der Waals surface area contributed by atoms with Crippen molar-refractivity contribution >= 4 is 17.5 Å². The first-order chi connectivity index (χ1) is 7.86. The minimum absolute atomic E-state index is 0.00248. The Balaban J connectivity index is 3.07. The van der Waals surface area contributed by atoms with Crippen molar-refractivity contribution in [3.05, 3.63) is 34.9 Å². The molecule has 3 heteroatoms. The average molecular weight is 254 g/mol. The SMILES string of the molecule is CNC(=O)CC(c1ccccc1Cl)C(C)(C)C. The number of hydrogen-bond donors (Lipinski definition) is 1. The van der Waals surface area contributed by atoms with Crippen LogP contribution in [0.5, 0.6) is 0 Å². The van der Waals surface area contributed by atoms with E-state index in [1.54, 1.807) is 7.05 Å². The van der Waals surface area contributed by atoms with E-state index in [-0.39, 0.29) is 17.2 Å². The summed E-state index contributed by atoms with van der Waals surface area (Å²) >= 11 is 6.22. The van der Waals surface area contributed by atoms with Gasteiger partial charge in [-0.1, -0.05) is 50.6 Å². The predicted molar refractivity (Wildman–Crippen MR) is 72.3 cm³/mol. The van der Waals surface area contributed by atoms with Crippen LogP contribution in [0.4, 0.5) is 0 Å². The number of rotatable bonds is 3. The summed E-state index contributed by atoms with van der Waals surface area (Å²) in [6.07, 6.45) is 0.462. The van der Waals surface area contributed by atoms with E-state index in [0.717, 1.165) is 10.6 Å². The van der Waals surface area contributed by atoms with E-state index in [2.05, 4.69) is 26.1 Å². The van der Waals surface area contributed by atoms with Crippen LogP contribution in [0, 0.1) is 5.41 Å². The van der Waals surface area contributed by atoms with Crippen molar-refractivity contribution < 1.29 is 4.79 Å². The fraction of sp³-hybridized carbons (Fsp3) is 0.500. The van der Waals surface area contributed by atoms with Crippen LogP contribution < -0.4 is 5.32 Å². The molecule has 1 aromatic carbocycles. The highest BCUT2D eigenvalue weighted by molar-refractivity contribution is 6.31. The topological polar surface area (TPSA) is 29.1 Å². The second-order valence-electron chi connectivity index (χ2n) is 5.32. The molecule has 0 aliphatic heterocycles. The van der Waals surface area contributed by atoms with Crippen molar-refractivity contribution in [2.24, 2.45) is 5.41 Å². The fourth-order valence-corrected chi connectivity index (χ4v) is 2.20. The van der Waals surface area contributed by atoms with E-state index in [4.69, 9.17) is 11.6 Å². The first-order valence-corrected chi connectivity index (χ1v) is 6.19. The Morgan fingerprint density at radius 2 is 1.94 bits per heavy atom. The summed E-state index contributed by atoms with van der Waals surface area (Å²) in [6, 6.07) is 7.75. The summed E-state index contributed by atoms with van der Waals surface area (Å²) in [5.41, 5.74) is 1.04. The molecular weight excluding hydrogens is 234 g/mol. The predicted octanol–water partition coefficient (Wildman–Crippen LogP) is 3.61. The molecule has 1 unspecified atom stereocenters. The number of benzene rings is 1. The van der Waals surface area contributed by atoms with Gasteiger partial charge < -0.3 is 5.32 Å². The van der Waals surface area contributed by atoms with Crippen LogP contribution in [-0.2, 0) is 4.79 Å². The third-order valence-corrected chi connectivity index (χ3v) is 3.34. The van der Waals surface area contributed by atoms with Crippen LogP contribution in [-0.4, -0.2) is 13.0 Å². The van der Waals surface area contributed by atoms with Gasteiger partial charge in [-0.2, -0.15) is 0 Å². The van der Waals surface area contributed by atoms with Crippen LogP contribution in [0.15, 0.2) is 24.3 Å². The number of carbonyl (C=O) groups excluding carboxylic acids is 1. The first-order valence-electron chi connectivity index (χ1n) is 5.81. The minimum Gasteiger partial charge on any atom is -0.359 e. The van der Waals surface area contributed by atoms with E-state index in [0.29, 0.717) is 6.42 Å². The van der Waals surface area contributed by atoms with Gasteiger partial charge in [0.05, 0.1) is 0 Å². The summed E-state index contributed by atoms with van der Waals surface area (Å²) in [7, 11) is 1.66. The van der Waals surface area contributed by atoms with Crippen molar-refractivity contribution in [1.82, 2.24) is 5.32 Å². The van der Waals surface area contributed by atoms with Gasteiger partial charge in [0.15, 0.2) is 0 Å². The lowest BCUT2D eigenvalue weighted by molar-refractivity contribution is -0.121. The van der Waals surface area contributed by atoms with E-state index >= 15 is 0 Å². The van der Waals surface area contributed by atoms with Crippen molar-refractivity contribution in [1.29, 1.82) is 0 Å². The van der Waals surface area contributed by atoms with Crippen LogP contribution in [0.3, 0.4) is 0 Å². The summed E-state index contributed by atoms with van der Waals surface area (Å²) < 4.78 is 0. The van der Waals surface area contributed by atoms with Gasteiger partial charge in [-0.05, 0) is 23.0 Å². The summed E-state index contributed by atoms with van der Waals surface area (Å²) in [4.78, 5) is 11.6. The summed E-state index contributed by atoms with van der Waals surface area (Å²) in [6.45, 7) is 6.39. The molecular formula is C14H20ClNO. The van der Waals surface area contributed by atoms with Crippen molar-refractivity contribution in [3.8, 4) is 0 Å². The Morgan fingerprint density at radius 3 is 2.41 bits per heavy atom. The molecule has 0 bridgehead atoms. The summed E-state index contributed by atoms with van der Waals surface area (Å²) in [5.74, 6) is 0.168. The molecule has 1 aromatic rings. The zero-order valence-electron chi connectivity index (χ0n) is 10.9. The van der Waals surface area contributed by atoms with E-state index in [9.17, 15) is 4.79 Å². The van der Waals surface area contributed by atoms with Gasteiger partial charge in [0.2, 0.25) is 5.91 Å². The molecule has 0 aromatic heterocycles. The highest BCUT2D eigenvalue weighted by Crippen LogP contribution is 2.40. The fourth-order valence-electron chi connectivity index (χ4n) is 1.93. The molecule has 1 rings (SSSR count). The zero-order chi connectivity index (χ0) is 13.1. The second-order valence-corrected chi connectivity index (χ2v) is 5.72. The Morgan fingerprint density at radius 1 is 1.35 bits per heavy atom. The Bertz CT molecular complexity index is 395. The standard InChI is InChI=1S/C14H20ClNO/c1-14(2,3)11(9-13(17)16-4)10-7-5-6-8-12(10)15/h5-8,11H,9H2,1-4H3,(H,16,17). The Kier molecular flexibility index (Phi) is 4.58. The largest absolute Gasteiger partial charge is 0.359 e. The third-order valence-electron chi connectivity index (χ3n) is 2.99. The van der Waals surface area contributed by atoms with Gasteiger partial charge in [-0.15, -0.1) is 0 Å². The molecule has 0 fully saturated rings. The number of carbonyl (C=O) groups is 1. The van der Waals surface area contributed by atoms with Crippen LogP contribution in [0.2, 0.25) is 5.02 Å². The Hall–Kier alpha value is -1.02. The molecule has 17 heavy (non-hydrogen) atoms. The molecule has 0 radical (unpaired) electrons. The van der Waals surface area contributed by atoms with Crippen LogP contribution in [0.1, 0.15) is 38.7 Å². The van der Waals surface area contributed by atoms with Crippen LogP contribution >= 0.6 is 11.6 Å². The van der Waals surface area contributed by atoms with Crippen molar-refractivity contribution in [2.75, 3.05) is 7.05 Å². The Labute approximate surface area is 108 Å². The van der Waals surface area contributed by atoms with Crippen LogP contribution in [0.25, 0.3) is 0 Å². The van der Waals surface area contributed by atoms with Gasteiger partial charge >= 0.3 is 0 Å². The number of halogens is 1. The maximum absolute atomic E-state index is 11.6. The van der Waals surface area contributed by atoms with Crippen molar-refractivity contribution in [3.63, 3.8) is 0 Å². The van der Waals surface area contributed by atoms with E-state index in [1.165, 1.54) is 0 Å². The number of nitrogens with one attached hydrogen (secondary N) is 1. The highest BCUT2D eigenvalue weighted by atomic mass is 35.5. The molecule has 1 amide bonds. The molecule has 0 saturated carbocycles. The molecule has 0 aliphatic rings. The lowest BCUT2D eigenvalue weighted by Crippen LogP contribution is -2.27. The van der Waals surface area contributed by atoms with Gasteiger partial charge in [0.1, 0.15) is 0 Å². The first kappa shape index (κ1) is 14.0. The molecule has 0 saturated heterocycles. The molecule has 1 atom stereocenters. The second kappa shape index (κ2) is 5.54. The lowest BCUT2D eigenvalue weighted by atomic mass is 9.74. The quantitative estimate of drug-likeness (QED) is 0.876. The van der Waals surface area contributed by atoms with Crippen molar-refractivity contribution in [2.45, 2.75) is 33.1 Å². The van der Waals surface area contributed by atoms with E-state index in [1.807, 2.05) is 24.3 Å². The minimum atomic E-state index is -0.00248. The monoisotopic (exact) mass is 253 g/mol. The highest BCUT2D eigenvalue weighted by Gasteiger charge is 2.29. The van der Waals surface area contributed by atoms with E-state index < -0.39 is 0 Å². The maximum Gasteiger partial charge on any atom is 0.220 e. The van der Waals surface area contributed by atoms with Gasteiger partial charge in [0.25, 0.3) is 0 Å². The molecule has 0 aliphatic carbocycles. The summed E-state index contributed by atoms with van der Waals surface area (Å²) in [5, 5.41) is 3.41. The third kappa shape index (κ3) is 3.74.